The number of phenols is 1. The third-order valence-electron chi connectivity index (χ3n) is 3.56. The van der Waals surface area contributed by atoms with Gasteiger partial charge in [-0.2, -0.15) is 0 Å². The maximum atomic E-state index is 9.64. The molecule has 2 aromatic carbocycles. The molecule has 0 unspecified atom stereocenters. The van der Waals surface area contributed by atoms with Crippen LogP contribution in [0.3, 0.4) is 0 Å². The molecule has 0 aliphatic rings. The summed E-state index contributed by atoms with van der Waals surface area (Å²) >= 11 is 0. The molecule has 0 bridgehead atoms. The molecule has 1 N–H and O–H groups in total. The van der Waals surface area contributed by atoms with Crippen LogP contribution < -0.4 is 0 Å². The number of rotatable bonds is 3. The highest BCUT2D eigenvalue weighted by Gasteiger charge is 2.09. The Morgan fingerprint density at radius 3 is 2.46 bits per heavy atom. The smallest absolute Gasteiger partial charge is 0.223 e. The predicted molar refractivity (Wildman–Crippen MR) is 89.5 cm³/mol. The third kappa shape index (κ3) is 2.72. The van der Waals surface area contributed by atoms with Crippen molar-refractivity contribution in [3.63, 3.8) is 0 Å². The van der Waals surface area contributed by atoms with E-state index < -0.39 is 0 Å². The fraction of sp³-hybridized carbons (Fsp3) is 0. The van der Waals surface area contributed by atoms with Gasteiger partial charge in [-0.05, 0) is 52.7 Å². The SMILES string of the molecule is Oc1cccc(-c2cccc(-n3nnc(-c4ccccn4)n3)c2)c1. The van der Waals surface area contributed by atoms with E-state index in [4.69, 9.17) is 0 Å². The Balaban J connectivity index is 1.71. The quantitative estimate of drug-likeness (QED) is 0.628. The fourth-order valence-electron chi connectivity index (χ4n) is 2.42. The highest BCUT2D eigenvalue weighted by molar-refractivity contribution is 5.67. The second-order valence-electron chi connectivity index (χ2n) is 5.22. The van der Waals surface area contributed by atoms with E-state index in [-0.39, 0.29) is 5.75 Å². The van der Waals surface area contributed by atoms with Gasteiger partial charge in [0.1, 0.15) is 11.4 Å². The van der Waals surface area contributed by atoms with E-state index in [0.29, 0.717) is 11.5 Å². The van der Waals surface area contributed by atoms with E-state index in [1.807, 2.05) is 54.6 Å². The van der Waals surface area contributed by atoms with Crippen molar-refractivity contribution in [2.75, 3.05) is 0 Å². The summed E-state index contributed by atoms with van der Waals surface area (Å²) < 4.78 is 0. The number of tetrazole rings is 1. The first kappa shape index (κ1) is 14.1. The van der Waals surface area contributed by atoms with Crippen molar-refractivity contribution in [2.45, 2.75) is 0 Å². The summed E-state index contributed by atoms with van der Waals surface area (Å²) in [5, 5.41) is 22.2. The summed E-state index contributed by atoms with van der Waals surface area (Å²) in [6, 6.07) is 20.4. The van der Waals surface area contributed by atoms with Crippen molar-refractivity contribution < 1.29 is 5.11 Å². The average Bonchev–Trinajstić information content (AvgIpc) is 3.13. The van der Waals surface area contributed by atoms with E-state index in [1.165, 1.54) is 4.80 Å². The van der Waals surface area contributed by atoms with Crippen LogP contribution in [0.15, 0.2) is 72.9 Å². The van der Waals surface area contributed by atoms with Crippen molar-refractivity contribution in [1.82, 2.24) is 25.2 Å². The van der Waals surface area contributed by atoms with Crippen molar-refractivity contribution in [3.05, 3.63) is 72.9 Å². The number of aromatic hydroxyl groups is 1. The van der Waals surface area contributed by atoms with Gasteiger partial charge < -0.3 is 5.11 Å². The lowest BCUT2D eigenvalue weighted by Gasteiger charge is -2.05. The van der Waals surface area contributed by atoms with Crippen LogP contribution in [0.5, 0.6) is 5.75 Å². The first-order chi connectivity index (χ1) is 11.8. The highest BCUT2D eigenvalue weighted by Crippen LogP contribution is 2.24. The Bertz CT molecular complexity index is 981. The molecular formula is C18H13N5O. The standard InChI is InChI=1S/C18H13N5O/c24-16-8-4-6-14(12-16)13-5-3-7-15(11-13)23-21-18(20-22-23)17-9-1-2-10-19-17/h1-12,24H. The molecule has 0 atom stereocenters. The van der Waals surface area contributed by atoms with Crippen molar-refractivity contribution >= 4 is 0 Å². The Hall–Kier alpha value is -3.54. The van der Waals surface area contributed by atoms with Crippen LogP contribution in [0.1, 0.15) is 0 Å². The number of phenolic OH excluding ortho intramolecular Hbond substituents is 1. The molecule has 0 spiro atoms. The molecular weight excluding hydrogens is 302 g/mol. The number of hydrogen-bond acceptors (Lipinski definition) is 5. The van der Waals surface area contributed by atoms with Gasteiger partial charge in [0.05, 0.1) is 5.69 Å². The Kier molecular flexibility index (Phi) is 3.47. The summed E-state index contributed by atoms with van der Waals surface area (Å²) in [5.41, 5.74) is 3.33. The molecule has 0 fully saturated rings. The molecule has 0 radical (unpaired) electrons. The van der Waals surface area contributed by atoms with Crippen LogP contribution >= 0.6 is 0 Å². The minimum atomic E-state index is 0.231. The van der Waals surface area contributed by atoms with Gasteiger partial charge in [0, 0.05) is 6.20 Å². The molecule has 6 heteroatoms. The Labute approximate surface area is 138 Å². The molecule has 2 heterocycles. The molecule has 6 nitrogen and oxygen atoms in total. The lowest BCUT2D eigenvalue weighted by molar-refractivity contribution is 0.475. The first-order valence-corrected chi connectivity index (χ1v) is 7.41. The zero-order valence-corrected chi connectivity index (χ0v) is 12.6. The van der Waals surface area contributed by atoms with Crippen LogP contribution in [0.4, 0.5) is 0 Å². The number of hydrogen-bond donors (Lipinski definition) is 1. The summed E-state index contributed by atoms with van der Waals surface area (Å²) in [6.45, 7) is 0. The minimum absolute atomic E-state index is 0.231. The average molecular weight is 315 g/mol. The Morgan fingerprint density at radius 2 is 1.67 bits per heavy atom. The summed E-state index contributed by atoms with van der Waals surface area (Å²) in [7, 11) is 0. The second kappa shape index (κ2) is 5.92. The summed E-state index contributed by atoms with van der Waals surface area (Å²) in [6.07, 6.45) is 1.69. The van der Waals surface area contributed by atoms with E-state index in [9.17, 15) is 5.11 Å². The number of pyridine rings is 1. The zero-order valence-electron chi connectivity index (χ0n) is 12.6. The minimum Gasteiger partial charge on any atom is -0.508 e. The summed E-state index contributed by atoms with van der Waals surface area (Å²) in [4.78, 5) is 5.69. The van der Waals surface area contributed by atoms with Crippen LogP contribution in [-0.2, 0) is 0 Å². The fourth-order valence-corrected chi connectivity index (χ4v) is 2.42. The van der Waals surface area contributed by atoms with Crippen molar-refractivity contribution in [3.8, 4) is 34.1 Å². The van der Waals surface area contributed by atoms with Gasteiger partial charge in [-0.15, -0.1) is 15.0 Å². The van der Waals surface area contributed by atoms with Gasteiger partial charge in [-0.3, -0.25) is 4.98 Å². The number of aromatic nitrogens is 5. The van der Waals surface area contributed by atoms with E-state index in [2.05, 4.69) is 20.4 Å². The maximum absolute atomic E-state index is 9.64. The molecule has 0 amide bonds. The van der Waals surface area contributed by atoms with Gasteiger partial charge in [0.25, 0.3) is 0 Å². The van der Waals surface area contributed by atoms with Gasteiger partial charge in [0.15, 0.2) is 0 Å². The Morgan fingerprint density at radius 1 is 0.833 bits per heavy atom. The molecule has 0 aliphatic heterocycles. The van der Waals surface area contributed by atoms with E-state index >= 15 is 0 Å². The van der Waals surface area contributed by atoms with Crippen molar-refractivity contribution in [1.29, 1.82) is 0 Å². The second-order valence-corrected chi connectivity index (χ2v) is 5.22. The molecule has 4 rings (SSSR count). The van der Waals surface area contributed by atoms with Crippen LogP contribution in [0, 0.1) is 0 Å². The topological polar surface area (TPSA) is 76.7 Å². The lowest BCUT2D eigenvalue weighted by Crippen LogP contribution is -1.99. The largest absolute Gasteiger partial charge is 0.508 e. The molecule has 0 saturated heterocycles. The van der Waals surface area contributed by atoms with Gasteiger partial charge in [-0.1, -0.05) is 30.3 Å². The van der Waals surface area contributed by atoms with Crippen LogP contribution in [0.2, 0.25) is 0 Å². The first-order valence-electron chi connectivity index (χ1n) is 7.41. The van der Waals surface area contributed by atoms with E-state index in [1.54, 1.807) is 18.3 Å². The van der Waals surface area contributed by atoms with Gasteiger partial charge in [-0.25, -0.2) is 0 Å². The molecule has 0 saturated carbocycles. The zero-order chi connectivity index (χ0) is 16.4. The van der Waals surface area contributed by atoms with Gasteiger partial charge >= 0.3 is 0 Å². The monoisotopic (exact) mass is 315 g/mol. The molecule has 24 heavy (non-hydrogen) atoms. The van der Waals surface area contributed by atoms with Gasteiger partial charge in [0.2, 0.25) is 5.82 Å². The number of nitrogens with zero attached hydrogens (tertiary/aromatic N) is 5. The maximum Gasteiger partial charge on any atom is 0.223 e. The van der Waals surface area contributed by atoms with E-state index in [0.717, 1.165) is 16.8 Å². The lowest BCUT2D eigenvalue weighted by atomic mass is 10.1. The molecule has 116 valence electrons. The predicted octanol–water partition coefficient (Wildman–Crippen LogP) is 3.10. The molecule has 0 aliphatic carbocycles. The van der Waals surface area contributed by atoms with Crippen LogP contribution in [0.25, 0.3) is 28.3 Å². The number of benzene rings is 2. The van der Waals surface area contributed by atoms with Crippen LogP contribution in [-0.4, -0.2) is 30.3 Å². The molecule has 4 aromatic rings. The molecule has 2 aromatic heterocycles. The normalized spacial score (nSPS) is 10.7. The van der Waals surface area contributed by atoms with Crippen molar-refractivity contribution in [2.24, 2.45) is 0 Å². The highest BCUT2D eigenvalue weighted by atomic mass is 16.3. The summed E-state index contributed by atoms with van der Waals surface area (Å²) in [5.74, 6) is 0.701. The third-order valence-corrected chi connectivity index (χ3v) is 3.56.